The van der Waals surface area contributed by atoms with Crippen LogP contribution in [0.2, 0.25) is 0 Å². The van der Waals surface area contributed by atoms with Crippen LogP contribution >= 0.6 is 0 Å². The molecule has 0 bridgehead atoms. The Morgan fingerprint density at radius 3 is 0.775 bits per heavy atom. The lowest BCUT2D eigenvalue weighted by atomic mass is 10.0. The van der Waals surface area contributed by atoms with Gasteiger partial charge in [0.1, 0.15) is 13.2 Å². The number of hydrogen-bond donors (Lipinski definition) is 0. The van der Waals surface area contributed by atoms with Crippen LogP contribution < -0.4 is 0 Å². The fourth-order valence-corrected chi connectivity index (χ4v) is 10.5. The number of hydrogen-bond acceptors (Lipinski definition) is 6. The summed E-state index contributed by atoms with van der Waals surface area (Å²) < 4.78 is 17.0. The zero-order valence-electron chi connectivity index (χ0n) is 53.6. The van der Waals surface area contributed by atoms with Crippen molar-refractivity contribution in [1.29, 1.82) is 0 Å². The molecule has 0 aliphatic heterocycles. The van der Waals surface area contributed by atoms with Gasteiger partial charge in [-0.15, -0.1) is 0 Å². The van der Waals surface area contributed by atoms with Crippen LogP contribution in [0.5, 0.6) is 0 Å². The molecular weight excluding hydrogens is 985 g/mol. The average Bonchev–Trinajstić information content (AvgIpc) is 3.46. The van der Waals surface area contributed by atoms with Gasteiger partial charge in [0.25, 0.3) is 0 Å². The molecule has 0 aliphatic rings. The Morgan fingerprint density at radius 2 is 0.487 bits per heavy atom. The molecule has 6 nitrogen and oxygen atoms in total. The minimum atomic E-state index is -0.774. The average molecular weight is 1120 g/mol. The third-order valence-corrected chi connectivity index (χ3v) is 15.8. The molecule has 80 heavy (non-hydrogen) atoms. The summed E-state index contributed by atoms with van der Waals surface area (Å²) in [7, 11) is 0. The van der Waals surface area contributed by atoms with E-state index >= 15 is 0 Å². The first kappa shape index (κ1) is 77.1. The summed E-state index contributed by atoms with van der Waals surface area (Å²) >= 11 is 0. The fraction of sp³-hybridized carbons (Fsp3) is 0.824. The molecule has 0 rings (SSSR count). The van der Waals surface area contributed by atoms with Crippen LogP contribution in [0.4, 0.5) is 0 Å². The Morgan fingerprint density at radius 1 is 0.263 bits per heavy atom. The molecule has 0 aromatic rings. The van der Waals surface area contributed by atoms with E-state index in [1.54, 1.807) is 0 Å². The highest BCUT2D eigenvalue weighted by Gasteiger charge is 2.19. The number of allylic oxidation sites excluding steroid dienone is 10. The van der Waals surface area contributed by atoms with E-state index in [4.69, 9.17) is 14.2 Å². The van der Waals surface area contributed by atoms with E-state index in [9.17, 15) is 14.4 Å². The van der Waals surface area contributed by atoms with E-state index in [2.05, 4.69) is 81.5 Å². The largest absolute Gasteiger partial charge is 0.462 e. The second kappa shape index (κ2) is 68.6. The topological polar surface area (TPSA) is 78.9 Å². The number of unbranched alkanes of at least 4 members (excludes halogenated alkanes) is 44. The van der Waals surface area contributed by atoms with Crippen LogP contribution in [0.25, 0.3) is 0 Å². The van der Waals surface area contributed by atoms with Gasteiger partial charge in [-0.05, 0) is 83.5 Å². The standard InChI is InChI=1S/C74H134O6/c1-4-7-10-13-16-19-22-25-28-30-32-34-35-36-37-38-39-41-42-44-46-49-52-55-58-61-64-67-73(76)79-70-71(69-78-72(75)66-63-60-57-54-51-48-27-24-21-18-15-12-9-6-3)80-74(77)68-65-62-59-56-53-50-47-45-43-40-33-31-29-26-23-20-17-14-11-8-5-2/h7,10,16,19,25,28,31-34,71H,4-6,8-9,11-15,17-18,20-24,26-27,29-30,35-70H2,1-3H3/b10-7-,19-16-,28-25-,33-31-,34-32-. The van der Waals surface area contributed by atoms with Crippen molar-refractivity contribution >= 4 is 17.9 Å². The van der Waals surface area contributed by atoms with Crippen LogP contribution in [0.1, 0.15) is 374 Å². The van der Waals surface area contributed by atoms with Crippen molar-refractivity contribution in [1.82, 2.24) is 0 Å². The van der Waals surface area contributed by atoms with Gasteiger partial charge in [0.2, 0.25) is 0 Å². The van der Waals surface area contributed by atoms with Crippen molar-refractivity contribution in [2.75, 3.05) is 13.2 Å². The first-order valence-corrected chi connectivity index (χ1v) is 35.3. The Labute approximate surface area is 498 Å². The molecule has 0 saturated carbocycles. The summed E-state index contributed by atoms with van der Waals surface area (Å²) in [5.74, 6) is -0.847. The van der Waals surface area contributed by atoms with Crippen LogP contribution in [0.3, 0.4) is 0 Å². The molecule has 1 atom stereocenters. The van der Waals surface area contributed by atoms with Crippen molar-refractivity contribution in [2.45, 2.75) is 380 Å². The maximum atomic E-state index is 13.0. The van der Waals surface area contributed by atoms with Gasteiger partial charge in [-0.2, -0.15) is 0 Å². The molecule has 0 amide bonds. The predicted molar refractivity (Wildman–Crippen MR) is 348 cm³/mol. The van der Waals surface area contributed by atoms with Crippen LogP contribution in [-0.4, -0.2) is 37.2 Å². The molecule has 6 heteroatoms. The third kappa shape index (κ3) is 65.9. The predicted octanol–water partition coefficient (Wildman–Crippen LogP) is 24.3. The lowest BCUT2D eigenvalue weighted by Gasteiger charge is -2.18. The summed E-state index contributed by atoms with van der Waals surface area (Å²) in [6.45, 7) is 6.59. The lowest BCUT2D eigenvalue weighted by Crippen LogP contribution is -2.30. The van der Waals surface area contributed by atoms with Gasteiger partial charge < -0.3 is 14.2 Å². The van der Waals surface area contributed by atoms with Crippen LogP contribution in [0.15, 0.2) is 60.8 Å². The van der Waals surface area contributed by atoms with Crippen molar-refractivity contribution in [3.63, 3.8) is 0 Å². The van der Waals surface area contributed by atoms with Gasteiger partial charge in [-0.1, -0.05) is 332 Å². The van der Waals surface area contributed by atoms with Crippen molar-refractivity contribution in [3.05, 3.63) is 60.8 Å². The van der Waals surface area contributed by atoms with Gasteiger partial charge >= 0.3 is 17.9 Å². The second-order valence-corrected chi connectivity index (χ2v) is 23.8. The molecule has 0 aromatic heterocycles. The van der Waals surface area contributed by atoms with E-state index in [0.717, 1.165) is 83.5 Å². The van der Waals surface area contributed by atoms with Crippen molar-refractivity contribution in [2.24, 2.45) is 0 Å². The van der Waals surface area contributed by atoms with Gasteiger partial charge in [0.15, 0.2) is 6.10 Å². The maximum absolute atomic E-state index is 13.0. The van der Waals surface area contributed by atoms with E-state index in [1.165, 1.54) is 250 Å². The van der Waals surface area contributed by atoms with Crippen molar-refractivity contribution < 1.29 is 28.6 Å². The normalized spacial score (nSPS) is 12.4. The van der Waals surface area contributed by atoms with Gasteiger partial charge in [0.05, 0.1) is 0 Å². The monoisotopic (exact) mass is 1120 g/mol. The third-order valence-electron chi connectivity index (χ3n) is 15.8. The molecule has 0 N–H and O–H groups in total. The van der Waals surface area contributed by atoms with E-state index in [-0.39, 0.29) is 31.1 Å². The summed E-state index contributed by atoms with van der Waals surface area (Å²) in [5, 5.41) is 0. The summed E-state index contributed by atoms with van der Waals surface area (Å²) in [4.78, 5) is 38.4. The Balaban J connectivity index is 4.26. The molecule has 0 aromatic carbocycles. The number of esters is 3. The molecule has 0 saturated heterocycles. The Bertz CT molecular complexity index is 1430. The molecule has 0 heterocycles. The van der Waals surface area contributed by atoms with Gasteiger partial charge in [0, 0.05) is 19.3 Å². The van der Waals surface area contributed by atoms with E-state index in [0.29, 0.717) is 19.3 Å². The zero-order chi connectivity index (χ0) is 57.8. The number of carbonyl (C=O) groups excluding carboxylic acids is 3. The molecule has 0 spiro atoms. The quantitative estimate of drug-likeness (QED) is 0.0261. The second-order valence-electron chi connectivity index (χ2n) is 23.8. The minimum Gasteiger partial charge on any atom is -0.462 e. The molecule has 466 valence electrons. The smallest absolute Gasteiger partial charge is 0.306 e. The minimum absolute atomic E-state index is 0.0696. The highest BCUT2D eigenvalue weighted by atomic mass is 16.6. The highest BCUT2D eigenvalue weighted by Crippen LogP contribution is 2.18. The fourth-order valence-electron chi connectivity index (χ4n) is 10.5. The highest BCUT2D eigenvalue weighted by molar-refractivity contribution is 5.71. The maximum Gasteiger partial charge on any atom is 0.306 e. The molecule has 0 aliphatic carbocycles. The number of rotatable bonds is 65. The van der Waals surface area contributed by atoms with Crippen LogP contribution in [-0.2, 0) is 28.6 Å². The first-order chi connectivity index (χ1) is 39.5. The molecule has 0 fully saturated rings. The van der Waals surface area contributed by atoms with Gasteiger partial charge in [-0.25, -0.2) is 0 Å². The molecule has 1 unspecified atom stereocenters. The van der Waals surface area contributed by atoms with Crippen molar-refractivity contribution in [3.8, 4) is 0 Å². The van der Waals surface area contributed by atoms with E-state index < -0.39 is 6.10 Å². The SMILES string of the molecule is CC/C=C\C/C=C\C/C=C\C/C=C\CCCCCCCCCCCCCCCCC(=O)OCC(COC(=O)CCCCCCCCCCCCCCCC)OC(=O)CCCCCCCCCCC/C=C\CCCCCCCCCC. The van der Waals surface area contributed by atoms with Gasteiger partial charge in [-0.3, -0.25) is 14.4 Å². The zero-order valence-corrected chi connectivity index (χ0v) is 53.6. The first-order valence-electron chi connectivity index (χ1n) is 35.3. The summed E-state index contributed by atoms with van der Waals surface area (Å²) in [6, 6.07) is 0. The summed E-state index contributed by atoms with van der Waals surface area (Å²) in [5.41, 5.74) is 0. The van der Waals surface area contributed by atoms with Crippen LogP contribution in [0, 0.1) is 0 Å². The molecule has 0 radical (unpaired) electrons. The number of carbonyl (C=O) groups is 3. The number of ether oxygens (including phenoxy) is 3. The summed E-state index contributed by atoms with van der Waals surface area (Å²) in [6.07, 6.45) is 88.1. The lowest BCUT2D eigenvalue weighted by molar-refractivity contribution is -0.167. The Kier molecular flexibility index (Phi) is 66.1. The van der Waals surface area contributed by atoms with E-state index in [1.807, 2.05) is 0 Å². The Hall–Kier alpha value is -2.89. The molecular formula is C74H134O6.